The second-order valence-corrected chi connectivity index (χ2v) is 6.72. The SMILES string of the molecule is O=C(CCCc1ccccc1)N1CCN(c2ccccc2C(F)(F)F)CC1. The molecule has 1 fully saturated rings. The number of anilines is 1. The van der Waals surface area contributed by atoms with E-state index >= 15 is 0 Å². The van der Waals surface area contributed by atoms with E-state index in [0.717, 1.165) is 18.9 Å². The summed E-state index contributed by atoms with van der Waals surface area (Å²) >= 11 is 0. The molecule has 1 aliphatic heterocycles. The number of para-hydroxylation sites is 1. The number of hydrogen-bond acceptors (Lipinski definition) is 2. The van der Waals surface area contributed by atoms with Gasteiger partial charge in [0, 0.05) is 38.3 Å². The quantitative estimate of drug-likeness (QED) is 0.773. The molecule has 1 heterocycles. The van der Waals surface area contributed by atoms with Gasteiger partial charge in [-0.25, -0.2) is 0 Å². The molecule has 2 aromatic carbocycles. The highest BCUT2D eigenvalue weighted by atomic mass is 19.4. The maximum atomic E-state index is 13.2. The largest absolute Gasteiger partial charge is 0.418 e. The third-order valence-corrected chi connectivity index (χ3v) is 4.88. The number of hydrogen-bond donors (Lipinski definition) is 0. The van der Waals surface area contributed by atoms with Gasteiger partial charge < -0.3 is 9.80 Å². The minimum absolute atomic E-state index is 0.0784. The number of halogens is 3. The first-order valence-corrected chi connectivity index (χ1v) is 9.18. The van der Waals surface area contributed by atoms with Gasteiger partial charge in [0.1, 0.15) is 0 Å². The van der Waals surface area contributed by atoms with Crippen LogP contribution in [0.1, 0.15) is 24.0 Å². The van der Waals surface area contributed by atoms with Crippen molar-refractivity contribution >= 4 is 11.6 Å². The van der Waals surface area contributed by atoms with Crippen LogP contribution < -0.4 is 4.90 Å². The first-order valence-electron chi connectivity index (χ1n) is 9.18. The van der Waals surface area contributed by atoms with Crippen LogP contribution in [-0.4, -0.2) is 37.0 Å². The lowest BCUT2D eigenvalue weighted by atomic mass is 10.1. The fourth-order valence-electron chi connectivity index (χ4n) is 3.43. The zero-order valence-electron chi connectivity index (χ0n) is 15.1. The molecule has 0 spiro atoms. The van der Waals surface area contributed by atoms with Crippen molar-refractivity contribution in [2.24, 2.45) is 0 Å². The normalized spacial score (nSPS) is 15.1. The summed E-state index contributed by atoms with van der Waals surface area (Å²) in [6.45, 7) is 1.74. The zero-order chi connectivity index (χ0) is 19.3. The molecule has 0 unspecified atom stereocenters. The van der Waals surface area contributed by atoms with Crippen LogP contribution in [0.2, 0.25) is 0 Å². The highest BCUT2D eigenvalue weighted by Gasteiger charge is 2.35. The zero-order valence-corrected chi connectivity index (χ0v) is 15.1. The molecule has 0 bridgehead atoms. The molecule has 144 valence electrons. The molecule has 27 heavy (non-hydrogen) atoms. The molecular weight excluding hydrogens is 353 g/mol. The lowest BCUT2D eigenvalue weighted by molar-refractivity contribution is -0.137. The summed E-state index contributed by atoms with van der Waals surface area (Å²) < 4.78 is 39.6. The molecule has 0 aliphatic carbocycles. The molecule has 1 aliphatic rings. The van der Waals surface area contributed by atoms with E-state index in [9.17, 15) is 18.0 Å². The van der Waals surface area contributed by atoms with E-state index in [1.165, 1.54) is 17.7 Å². The van der Waals surface area contributed by atoms with Crippen molar-refractivity contribution in [1.82, 2.24) is 4.90 Å². The number of piperazine rings is 1. The fourth-order valence-corrected chi connectivity index (χ4v) is 3.43. The van der Waals surface area contributed by atoms with Gasteiger partial charge in [-0.2, -0.15) is 13.2 Å². The first kappa shape index (κ1) is 19.3. The highest BCUT2D eigenvalue weighted by Crippen LogP contribution is 2.36. The summed E-state index contributed by atoms with van der Waals surface area (Å²) in [6, 6.07) is 15.6. The van der Waals surface area contributed by atoms with Gasteiger partial charge in [-0.3, -0.25) is 4.79 Å². The van der Waals surface area contributed by atoms with E-state index in [0.29, 0.717) is 32.6 Å². The Hall–Kier alpha value is -2.50. The number of aryl methyl sites for hydroxylation is 1. The summed E-state index contributed by atoms with van der Waals surface area (Å²) in [5.41, 5.74) is 0.785. The predicted octanol–water partition coefficient (Wildman–Crippen LogP) is 4.38. The molecule has 0 aromatic heterocycles. The smallest absolute Gasteiger partial charge is 0.367 e. The third kappa shape index (κ3) is 5.02. The summed E-state index contributed by atoms with van der Waals surface area (Å²) in [5, 5.41) is 0. The van der Waals surface area contributed by atoms with Gasteiger partial charge in [-0.1, -0.05) is 42.5 Å². The highest BCUT2D eigenvalue weighted by molar-refractivity contribution is 5.76. The van der Waals surface area contributed by atoms with Crippen molar-refractivity contribution in [3.05, 3.63) is 65.7 Å². The van der Waals surface area contributed by atoms with Crippen LogP contribution in [0.3, 0.4) is 0 Å². The van der Waals surface area contributed by atoms with Crippen molar-refractivity contribution in [3.63, 3.8) is 0 Å². The molecule has 3 rings (SSSR count). The molecule has 0 N–H and O–H groups in total. The molecule has 1 amide bonds. The number of alkyl halides is 3. The molecule has 0 atom stereocenters. The van der Waals surface area contributed by atoms with Crippen molar-refractivity contribution in [2.75, 3.05) is 31.1 Å². The van der Waals surface area contributed by atoms with E-state index < -0.39 is 11.7 Å². The van der Waals surface area contributed by atoms with Crippen LogP contribution in [0.4, 0.5) is 18.9 Å². The monoisotopic (exact) mass is 376 g/mol. The lowest BCUT2D eigenvalue weighted by Gasteiger charge is -2.37. The first-order chi connectivity index (χ1) is 12.9. The molecule has 3 nitrogen and oxygen atoms in total. The fraction of sp³-hybridized carbons (Fsp3) is 0.381. The Morgan fingerprint density at radius 3 is 2.19 bits per heavy atom. The second-order valence-electron chi connectivity index (χ2n) is 6.72. The van der Waals surface area contributed by atoms with Crippen LogP contribution in [0.25, 0.3) is 0 Å². The number of carbonyl (C=O) groups excluding carboxylic acids is 1. The maximum absolute atomic E-state index is 13.2. The van der Waals surface area contributed by atoms with Gasteiger partial charge in [-0.05, 0) is 30.5 Å². The minimum atomic E-state index is -4.37. The lowest BCUT2D eigenvalue weighted by Crippen LogP contribution is -2.49. The van der Waals surface area contributed by atoms with Crippen LogP contribution in [0.5, 0.6) is 0 Å². The molecule has 0 radical (unpaired) electrons. The van der Waals surface area contributed by atoms with Crippen LogP contribution in [0, 0.1) is 0 Å². The minimum Gasteiger partial charge on any atom is -0.367 e. The third-order valence-electron chi connectivity index (χ3n) is 4.88. The Morgan fingerprint density at radius 1 is 0.889 bits per heavy atom. The summed E-state index contributed by atoms with van der Waals surface area (Å²) in [6.07, 6.45) is -2.28. The van der Waals surface area contributed by atoms with Gasteiger partial charge in [0.05, 0.1) is 5.56 Å². The maximum Gasteiger partial charge on any atom is 0.418 e. The van der Waals surface area contributed by atoms with Gasteiger partial charge in [0.2, 0.25) is 5.91 Å². The summed E-state index contributed by atoms with van der Waals surface area (Å²) in [7, 11) is 0. The molecule has 1 saturated heterocycles. The van der Waals surface area contributed by atoms with Crippen LogP contribution in [0.15, 0.2) is 54.6 Å². The Balaban J connectivity index is 1.51. The van der Waals surface area contributed by atoms with E-state index in [1.807, 2.05) is 30.3 Å². The predicted molar refractivity (Wildman–Crippen MR) is 99.6 cm³/mol. The molecule has 0 saturated carbocycles. The Bertz CT molecular complexity index is 754. The van der Waals surface area contributed by atoms with Crippen LogP contribution >= 0.6 is 0 Å². The molecule has 6 heteroatoms. The second kappa shape index (κ2) is 8.46. The van der Waals surface area contributed by atoms with Crippen molar-refractivity contribution in [2.45, 2.75) is 25.4 Å². The Morgan fingerprint density at radius 2 is 1.52 bits per heavy atom. The Labute approximate surface area is 157 Å². The van der Waals surface area contributed by atoms with Gasteiger partial charge in [0.25, 0.3) is 0 Å². The molecular formula is C21H23F3N2O. The van der Waals surface area contributed by atoms with Crippen LogP contribution in [-0.2, 0) is 17.4 Å². The van der Waals surface area contributed by atoms with E-state index in [4.69, 9.17) is 0 Å². The number of carbonyl (C=O) groups is 1. The number of amides is 1. The van der Waals surface area contributed by atoms with E-state index in [2.05, 4.69) is 0 Å². The molecule has 2 aromatic rings. The average Bonchev–Trinajstić information content (AvgIpc) is 2.68. The summed E-state index contributed by atoms with van der Waals surface area (Å²) in [5.74, 6) is 0.0784. The average molecular weight is 376 g/mol. The topological polar surface area (TPSA) is 23.6 Å². The number of nitrogens with zero attached hydrogens (tertiary/aromatic N) is 2. The number of rotatable bonds is 5. The van der Waals surface area contributed by atoms with Gasteiger partial charge >= 0.3 is 6.18 Å². The summed E-state index contributed by atoms with van der Waals surface area (Å²) in [4.78, 5) is 15.9. The van der Waals surface area contributed by atoms with Crippen molar-refractivity contribution in [3.8, 4) is 0 Å². The van der Waals surface area contributed by atoms with Crippen molar-refractivity contribution < 1.29 is 18.0 Å². The van der Waals surface area contributed by atoms with Gasteiger partial charge in [-0.15, -0.1) is 0 Å². The number of benzene rings is 2. The van der Waals surface area contributed by atoms with Crippen molar-refractivity contribution in [1.29, 1.82) is 0 Å². The Kier molecular flexibility index (Phi) is 6.04. The van der Waals surface area contributed by atoms with E-state index in [-0.39, 0.29) is 11.6 Å². The standard InChI is InChI=1S/C21H23F3N2O/c22-21(23,24)18-10-4-5-11-19(18)25-13-15-26(16-14-25)20(27)12-6-9-17-7-2-1-3-8-17/h1-5,7-8,10-11H,6,9,12-16H2. The van der Waals surface area contributed by atoms with E-state index in [1.54, 1.807) is 15.9 Å². The van der Waals surface area contributed by atoms with Gasteiger partial charge in [0.15, 0.2) is 0 Å².